The molecule has 1 aliphatic heterocycles. The van der Waals surface area contributed by atoms with Crippen molar-refractivity contribution in [3.05, 3.63) is 0 Å². The minimum Gasteiger partial charge on any atom is -0.481 e. The number of carboxylic acids is 1. The summed E-state index contributed by atoms with van der Waals surface area (Å²) in [5.41, 5.74) is 2.75. The number of carboxylic acid groups (broad SMARTS) is 1. The molecule has 0 aromatic heterocycles. The molecule has 5 nitrogen and oxygen atoms in total. The van der Waals surface area contributed by atoms with Crippen LogP contribution in [0.5, 0.6) is 0 Å². The Morgan fingerprint density at radius 1 is 1.33 bits per heavy atom. The van der Waals surface area contributed by atoms with Gasteiger partial charge < -0.3 is 15.7 Å². The number of likely N-dealkylation sites (tertiary alicyclic amines) is 1. The highest BCUT2D eigenvalue weighted by Crippen LogP contribution is 2.46. The number of halogens is 3. The molecule has 1 heterocycles. The van der Waals surface area contributed by atoms with E-state index < -0.39 is 30.5 Å². The first-order valence-electron chi connectivity index (χ1n) is 7.02. The molecule has 2 aliphatic rings. The smallest absolute Gasteiger partial charge is 0.406 e. The van der Waals surface area contributed by atoms with Crippen LogP contribution in [0.4, 0.5) is 13.2 Å². The largest absolute Gasteiger partial charge is 0.481 e. The second kappa shape index (κ2) is 5.47. The van der Waals surface area contributed by atoms with Gasteiger partial charge in [0.1, 0.15) is 0 Å². The first-order valence-corrected chi connectivity index (χ1v) is 7.02. The van der Waals surface area contributed by atoms with Gasteiger partial charge >= 0.3 is 12.1 Å². The number of nitrogens with zero attached hydrogens (tertiary/aromatic N) is 1. The van der Waals surface area contributed by atoms with E-state index in [2.05, 4.69) is 0 Å². The summed E-state index contributed by atoms with van der Waals surface area (Å²) in [4.78, 5) is 24.5. The van der Waals surface area contributed by atoms with Gasteiger partial charge in [-0.1, -0.05) is 6.42 Å². The zero-order valence-corrected chi connectivity index (χ0v) is 11.5. The highest BCUT2D eigenvalue weighted by atomic mass is 19.4. The average molecular weight is 308 g/mol. The summed E-state index contributed by atoms with van der Waals surface area (Å²) < 4.78 is 39.3. The third-order valence-electron chi connectivity index (χ3n) is 4.81. The molecule has 21 heavy (non-hydrogen) atoms. The Balaban J connectivity index is 2.14. The molecule has 1 saturated carbocycles. The molecule has 0 spiro atoms. The summed E-state index contributed by atoms with van der Waals surface area (Å²) in [6.07, 6.45) is -3.21. The SMILES string of the molecule is NCC1CCCC1C(=O)N1CCC(C(=O)O)(C(F)(F)F)C1. The van der Waals surface area contributed by atoms with E-state index >= 15 is 0 Å². The zero-order valence-electron chi connectivity index (χ0n) is 11.5. The first kappa shape index (κ1) is 16.1. The predicted octanol–water partition coefficient (Wildman–Crippen LogP) is 1.23. The molecule has 1 amide bonds. The van der Waals surface area contributed by atoms with Crippen LogP contribution < -0.4 is 5.73 Å². The van der Waals surface area contributed by atoms with Gasteiger partial charge in [0.15, 0.2) is 5.41 Å². The second-order valence-corrected chi connectivity index (χ2v) is 5.93. The van der Waals surface area contributed by atoms with E-state index in [1.54, 1.807) is 0 Å². The summed E-state index contributed by atoms with van der Waals surface area (Å²) in [5, 5.41) is 8.98. The van der Waals surface area contributed by atoms with Gasteiger partial charge in [-0.05, 0) is 31.7 Å². The molecule has 0 aromatic rings. The Bertz CT molecular complexity index is 441. The van der Waals surface area contributed by atoms with Gasteiger partial charge in [0, 0.05) is 19.0 Å². The fourth-order valence-corrected chi connectivity index (χ4v) is 3.40. The van der Waals surface area contributed by atoms with E-state index in [-0.39, 0.29) is 24.3 Å². The van der Waals surface area contributed by atoms with Crippen LogP contribution in [0.2, 0.25) is 0 Å². The van der Waals surface area contributed by atoms with E-state index in [4.69, 9.17) is 10.8 Å². The molecule has 1 aliphatic carbocycles. The lowest BCUT2D eigenvalue weighted by molar-refractivity contribution is -0.227. The van der Waals surface area contributed by atoms with Crippen molar-refractivity contribution in [1.82, 2.24) is 4.90 Å². The lowest BCUT2D eigenvalue weighted by atomic mass is 9.86. The number of alkyl halides is 3. The summed E-state index contributed by atoms with van der Waals surface area (Å²) in [5.74, 6) is -2.67. The van der Waals surface area contributed by atoms with Crippen molar-refractivity contribution in [1.29, 1.82) is 0 Å². The predicted molar refractivity (Wildman–Crippen MR) is 67.2 cm³/mol. The molecule has 0 aromatic carbocycles. The van der Waals surface area contributed by atoms with E-state index in [0.29, 0.717) is 13.0 Å². The quantitative estimate of drug-likeness (QED) is 0.821. The Labute approximate surface area is 120 Å². The van der Waals surface area contributed by atoms with Crippen molar-refractivity contribution in [2.45, 2.75) is 31.9 Å². The van der Waals surface area contributed by atoms with Crippen molar-refractivity contribution in [3.63, 3.8) is 0 Å². The summed E-state index contributed by atoms with van der Waals surface area (Å²) in [7, 11) is 0. The van der Waals surface area contributed by atoms with Crippen LogP contribution in [0.3, 0.4) is 0 Å². The third-order valence-corrected chi connectivity index (χ3v) is 4.81. The molecule has 3 N–H and O–H groups in total. The molecule has 3 unspecified atom stereocenters. The molecule has 3 atom stereocenters. The number of nitrogens with two attached hydrogens (primary N) is 1. The normalized spacial score (nSPS) is 33.4. The van der Waals surface area contributed by atoms with E-state index in [1.165, 1.54) is 0 Å². The molecule has 0 radical (unpaired) electrons. The monoisotopic (exact) mass is 308 g/mol. The zero-order chi connectivity index (χ0) is 15.8. The van der Waals surface area contributed by atoms with Gasteiger partial charge in [0.05, 0.1) is 0 Å². The Morgan fingerprint density at radius 2 is 2.00 bits per heavy atom. The summed E-state index contributed by atoms with van der Waals surface area (Å²) in [6.45, 7) is -0.634. The van der Waals surface area contributed by atoms with Gasteiger partial charge in [0.25, 0.3) is 0 Å². The number of hydrogen-bond donors (Lipinski definition) is 2. The van der Waals surface area contributed by atoms with Crippen LogP contribution in [0.25, 0.3) is 0 Å². The minimum absolute atomic E-state index is 0.0109. The Hall–Kier alpha value is -1.31. The molecular weight excluding hydrogens is 289 g/mol. The maximum Gasteiger partial charge on any atom is 0.406 e. The molecule has 0 bridgehead atoms. The lowest BCUT2D eigenvalue weighted by Gasteiger charge is -2.29. The van der Waals surface area contributed by atoms with Crippen LogP contribution in [0, 0.1) is 17.3 Å². The van der Waals surface area contributed by atoms with Gasteiger partial charge in [-0.15, -0.1) is 0 Å². The van der Waals surface area contributed by atoms with Crippen molar-refractivity contribution in [2.75, 3.05) is 19.6 Å². The highest BCUT2D eigenvalue weighted by Gasteiger charge is 2.64. The third kappa shape index (κ3) is 2.61. The van der Waals surface area contributed by atoms with Gasteiger partial charge in [-0.3, -0.25) is 9.59 Å². The number of hydrogen-bond acceptors (Lipinski definition) is 3. The highest BCUT2D eigenvalue weighted by molar-refractivity contribution is 5.83. The topological polar surface area (TPSA) is 83.6 Å². The number of rotatable bonds is 3. The van der Waals surface area contributed by atoms with Crippen molar-refractivity contribution >= 4 is 11.9 Å². The minimum atomic E-state index is -4.86. The summed E-state index contributed by atoms with van der Waals surface area (Å²) in [6, 6.07) is 0. The number of carbonyl (C=O) groups is 2. The Kier molecular flexibility index (Phi) is 4.19. The number of carbonyl (C=O) groups excluding carboxylic acids is 1. The van der Waals surface area contributed by atoms with Crippen molar-refractivity contribution < 1.29 is 27.9 Å². The summed E-state index contributed by atoms with van der Waals surface area (Å²) >= 11 is 0. The molecule has 120 valence electrons. The van der Waals surface area contributed by atoms with E-state index in [1.807, 2.05) is 0 Å². The van der Waals surface area contributed by atoms with Crippen LogP contribution in [0.15, 0.2) is 0 Å². The number of amides is 1. The number of aliphatic carboxylic acids is 1. The first-order chi connectivity index (χ1) is 9.73. The van der Waals surface area contributed by atoms with Crippen LogP contribution in [0.1, 0.15) is 25.7 Å². The van der Waals surface area contributed by atoms with Crippen LogP contribution >= 0.6 is 0 Å². The van der Waals surface area contributed by atoms with Gasteiger partial charge in [-0.2, -0.15) is 13.2 Å². The van der Waals surface area contributed by atoms with Gasteiger partial charge in [0.2, 0.25) is 5.91 Å². The Morgan fingerprint density at radius 3 is 2.48 bits per heavy atom. The standard InChI is InChI=1S/C13H19F3N2O3/c14-13(15,16)12(11(20)21)4-5-18(7-12)10(19)9-3-1-2-8(9)6-17/h8-9H,1-7,17H2,(H,20,21). The fourth-order valence-electron chi connectivity index (χ4n) is 3.40. The van der Waals surface area contributed by atoms with Crippen molar-refractivity contribution in [2.24, 2.45) is 23.0 Å². The van der Waals surface area contributed by atoms with Crippen LogP contribution in [-0.4, -0.2) is 47.7 Å². The van der Waals surface area contributed by atoms with E-state index in [9.17, 15) is 22.8 Å². The lowest BCUT2D eigenvalue weighted by Crippen LogP contribution is -2.48. The van der Waals surface area contributed by atoms with E-state index in [0.717, 1.165) is 17.7 Å². The molecule has 2 fully saturated rings. The van der Waals surface area contributed by atoms with Gasteiger partial charge in [-0.25, -0.2) is 0 Å². The maximum absolute atomic E-state index is 13.1. The molecule has 8 heteroatoms. The van der Waals surface area contributed by atoms with Crippen molar-refractivity contribution in [3.8, 4) is 0 Å². The molecule has 2 rings (SSSR count). The maximum atomic E-state index is 13.1. The molecule has 1 saturated heterocycles. The second-order valence-electron chi connectivity index (χ2n) is 5.93. The fraction of sp³-hybridized carbons (Fsp3) is 0.846. The average Bonchev–Trinajstić information content (AvgIpc) is 3.04. The van der Waals surface area contributed by atoms with Crippen LogP contribution in [-0.2, 0) is 9.59 Å². The molecular formula is C13H19F3N2O3.